The maximum Gasteiger partial charge on any atom is 0.121 e. The average Bonchev–Trinajstić information content (AvgIpc) is 2.65. The lowest BCUT2D eigenvalue weighted by atomic mass is 10.3. The highest BCUT2D eigenvalue weighted by Crippen LogP contribution is 2.22. The van der Waals surface area contributed by atoms with Gasteiger partial charge in [-0.3, -0.25) is 0 Å². The molecule has 2 rings (SSSR count). The zero-order valence-corrected chi connectivity index (χ0v) is 9.79. The minimum atomic E-state index is 0.658. The third-order valence-electron chi connectivity index (χ3n) is 2.49. The Morgan fingerprint density at radius 1 is 1.47 bits per heavy atom. The van der Waals surface area contributed by atoms with Gasteiger partial charge in [-0.1, -0.05) is 0 Å². The largest absolute Gasteiger partial charge is 0.497 e. The number of fused-ring (bicyclic) bond motifs is 1. The normalized spacial score (nSPS) is 10.9. The highest BCUT2D eigenvalue weighted by atomic mass is 32.1. The van der Waals surface area contributed by atoms with Gasteiger partial charge in [-0.05, 0) is 19.1 Å². The summed E-state index contributed by atoms with van der Waals surface area (Å²) in [5, 5.41) is 0. The molecule has 15 heavy (non-hydrogen) atoms. The standard InChI is InChI=1S/C11H14N2OS/c1-3-13-10-5-4-8(14-2)6-9(10)12-11(13)7-15/h4-6,15H,3,7H2,1-2H3. The third kappa shape index (κ3) is 1.69. The first kappa shape index (κ1) is 10.4. The Morgan fingerprint density at radius 3 is 2.87 bits per heavy atom. The quantitative estimate of drug-likeness (QED) is 0.808. The number of hydrogen-bond acceptors (Lipinski definition) is 3. The monoisotopic (exact) mass is 222 g/mol. The molecule has 0 aliphatic rings. The molecule has 3 nitrogen and oxygen atoms in total. The van der Waals surface area contributed by atoms with Crippen molar-refractivity contribution < 1.29 is 4.74 Å². The maximum absolute atomic E-state index is 5.17. The predicted molar refractivity (Wildman–Crippen MR) is 64.6 cm³/mol. The van der Waals surface area contributed by atoms with Crippen LogP contribution in [0.5, 0.6) is 5.75 Å². The molecule has 0 aliphatic heterocycles. The van der Waals surface area contributed by atoms with E-state index >= 15 is 0 Å². The summed E-state index contributed by atoms with van der Waals surface area (Å²) in [4.78, 5) is 4.52. The van der Waals surface area contributed by atoms with Gasteiger partial charge in [0.05, 0.1) is 18.1 Å². The second-order valence-electron chi connectivity index (χ2n) is 3.29. The van der Waals surface area contributed by atoms with Crippen LogP contribution in [0.3, 0.4) is 0 Å². The smallest absolute Gasteiger partial charge is 0.121 e. The molecule has 4 heteroatoms. The van der Waals surface area contributed by atoms with Crippen molar-refractivity contribution in [2.45, 2.75) is 19.2 Å². The fourth-order valence-electron chi connectivity index (χ4n) is 1.76. The van der Waals surface area contributed by atoms with E-state index in [4.69, 9.17) is 4.74 Å². The summed E-state index contributed by atoms with van der Waals surface area (Å²) < 4.78 is 7.34. The molecule has 0 radical (unpaired) electrons. The second kappa shape index (κ2) is 4.14. The lowest BCUT2D eigenvalue weighted by molar-refractivity contribution is 0.415. The van der Waals surface area contributed by atoms with E-state index in [1.54, 1.807) is 7.11 Å². The molecular formula is C11H14N2OS. The molecule has 0 saturated heterocycles. The minimum absolute atomic E-state index is 0.658. The Kier molecular flexibility index (Phi) is 2.86. The number of aromatic nitrogens is 2. The first-order chi connectivity index (χ1) is 7.30. The van der Waals surface area contributed by atoms with Gasteiger partial charge in [0.15, 0.2) is 0 Å². The number of nitrogens with zero attached hydrogens (tertiary/aromatic N) is 2. The Hall–Kier alpha value is -1.16. The van der Waals surface area contributed by atoms with Crippen molar-refractivity contribution in [2.75, 3.05) is 7.11 Å². The lowest BCUT2D eigenvalue weighted by Gasteiger charge is -2.03. The summed E-state index contributed by atoms with van der Waals surface area (Å²) in [6.45, 7) is 3.02. The van der Waals surface area contributed by atoms with Crippen molar-refractivity contribution in [1.82, 2.24) is 9.55 Å². The zero-order chi connectivity index (χ0) is 10.8. The summed E-state index contributed by atoms with van der Waals surface area (Å²) in [5.41, 5.74) is 2.11. The summed E-state index contributed by atoms with van der Waals surface area (Å²) in [7, 11) is 1.66. The Labute approximate surface area is 94.5 Å². The number of methoxy groups -OCH3 is 1. The fourth-order valence-corrected chi connectivity index (χ4v) is 2.00. The lowest BCUT2D eigenvalue weighted by Crippen LogP contribution is -1.98. The van der Waals surface area contributed by atoms with Gasteiger partial charge in [-0.2, -0.15) is 12.6 Å². The summed E-state index contributed by atoms with van der Waals surface area (Å²) in [6, 6.07) is 5.95. The molecule has 0 fully saturated rings. The Bertz CT molecular complexity index is 479. The van der Waals surface area contributed by atoms with E-state index in [0.29, 0.717) is 5.75 Å². The number of thiol groups is 1. The summed E-state index contributed by atoms with van der Waals surface area (Å²) in [5.74, 6) is 2.50. The maximum atomic E-state index is 5.17. The molecule has 0 saturated carbocycles. The van der Waals surface area contributed by atoms with Crippen LogP contribution < -0.4 is 4.74 Å². The number of benzene rings is 1. The fraction of sp³-hybridized carbons (Fsp3) is 0.364. The van der Waals surface area contributed by atoms with E-state index in [1.165, 1.54) is 0 Å². The van der Waals surface area contributed by atoms with Crippen LogP contribution >= 0.6 is 12.6 Å². The molecule has 0 atom stereocenters. The number of hydrogen-bond donors (Lipinski definition) is 1. The first-order valence-corrected chi connectivity index (χ1v) is 5.57. The summed E-state index contributed by atoms with van der Waals surface area (Å²) >= 11 is 4.28. The van der Waals surface area contributed by atoms with Crippen molar-refractivity contribution in [2.24, 2.45) is 0 Å². The van der Waals surface area contributed by atoms with Gasteiger partial charge in [-0.25, -0.2) is 4.98 Å². The number of aryl methyl sites for hydroxylation is 1. The molecule has 2 aromatic rings. The minimum Gasteiger partial charge on any atom is -0.497 e. The van der Waals surface area contributed by atoms with E-state index in [-0.39, 0.29) is 0 Å². The van der Waals surface area contributed by atoms with Crippen LogP contribution in [0.2, 0.25) is 0 Å². The molecule has 1 heterocycles. The van der Waals surface area contributed by atoms with Crippen LogP contribution in [-0.2, 0) is 12.3 Å². The van der Waals surface area contributed by atoms with E-state index < -0.39 is 0 Å². The molecule has 0 amide bonds. The van der Waals surface area contributed by atoms with E-state index in [9.17, 15) is 0 Å². The van der Waals surface area contributed by atoms with Crippen LogP contribution in [0.15, 0.2) is 18.2 Å². The molecule has 0 unspecified atom stereocenters. The molecule has 0 bridgehead atoms. The van der Waals surface area contributed by atoms with Gasteiger partial charge in [0.2, 0.25) is 0 Å². The molecule has 0 spiro atoms. The van der Waals surface area contributed by atoms with Crippen LogP contribution in [0.1, 0.15) is 12.7 Å². The molecule has 80 valence electrons. The van der Waals surface area contributed by atoms with Crippen LogP contribution in [0.25, 0.3) is 11.0 Å². The van der Waals surface area contributed by atoms with Crippen molar-refractivity contribution in [1.29, 1.82) is 0 Å². The molecule has 1 aromatic heterocycles. The SMILES string of the molecule is CCn1c(CS)nc2cc(OC)ccc21. The highest BCUT2D eigenvalue weighted by molar-refractivity contribution is 7.79. The van der Waals surface area contributed by atoms with Crippen molar-refractivity contribution in [3.63, 3.8) is 0 Å². The second-order valence-corrected chi connectivity index (χ2v) is 3.60. The number of ether oxygens (including phenoxy) is 1. The highest BCUT2D eigenvalue weighted by Gasteiger charge is 2.08. The van der Waals surface area contributed by atoms with Crippen LogP contribution in [0.4, 0.5) is 0 Å². The molecule has 0 aliphatic carbocycles. The zero-order valence-electron chi connectivity index (χ0n) is 8.90. The Balaban J connectivity index is 2.65. The van der Waals surface area contributed by atoms with E-state index in [2.05, 4.69) is 29.1 Å². The molecular weight excluding hydrogens is 208 g/mol. The van der Waals surface area contributed by atoms with Gasteiger partial charge in [-0.15, -0.1) is 0 Å². The predicted octanol–water partition coefficient (Wildman–Crippen LogP) is 2.49. The summed E-state index contributed by atoms with van der Waals surface area (Å²) in [6.07, 6.45) is 0. The van der Waals surface area contributed by atoms with Crippen LogP contribution in [0, 0.1) is 0 Å². The number of rotatable bonds is 3. The van der Waals surface area contributed by atoms with E-state index in [0.717, 1.165) is 29.2 Å². The van der Waals surface area contributed by atoms with Crippen molar-refractivity contribution in [3.8, 4) is 5.75 Å². The van der Waals surface area contributed by atoms with Crippen LogP contribution in [-0.4, -0.2) is 16.7 Å². The van der Waals surface area contributed by atoms with Crippen molar-refractivity contribution in [3.05, 3.63) is 24.0 Å². The first-order valence-electron chi connectivity index (χ1n) is 4.94. The number of imidazole rings is 1. The topological polar surface area (TPSA) is 27.1 Å². The molecule has 0 N–H and O–H groups in total. The molecule has 1 aromatic carbocycles. The van der Waals surface area contributed by atoms with Gasteiger partial charge in [0, 0.05) is 18.4 Å². The van der Waals surface area contributed by atoms with Gasteiger partial charge in [0.25, 0.3) is 0 Å². The van der Waals surface area contributed by atoms with Gasteiger partial charge < -0.3 is 9.30 Å². The van der Waals surface area contributed by atoms with Gasteiger partial charge in [0.1, 0.15) is 11.6 Å². The Morgan fingerprint density at radius 2 is 2.27 bits per heavy atom. The van der Waals surface area contributed by atoms with Gasteiger partial charge >= 0.3 is 0 Å². The van der Waals surface area contributed by atoms with Crippen molar-refractivity contribution >= 4 is 23.7 Å². The van der Waals surface area contributed by atoms with E-state index in [1.807, 2.05) is 18.2 Å². The average molecular weight is 222 g/mol. The third-order valence-corrected chi connectivity index (χ3v) is 2.77.